The molecule has 2 aromatic carbocycles. The van der Waals surface area contributed by atoms with Gasteiger partial charge in [-0.2, -0.15) is 0 Å². The zero-order chi connectivity index (χ0) is 19.1. The maximum atomic E-state index is 12.0. The smallest absolute Gasteiger partial charge is 0.244 e. The zero-order valence-electron chi connectivity index (χ0n) is 15.6. The molecule has 0 atom stereocenters. The Bertz CT molecular complexity index is 800. The highest BCUT2D eigenvalue weighted by Gasteiger charge is 2.21. The first-order chi connectivity index (χ1) is 13.1. The molecule has 1 aliphatic rings. The number of anilines is 2. The highest BCUT2D eigenvalue weighted by molar-refractivity contribution is 5.95. The third-order valence-electron chi connectivity index (χ3n) is 4.65. The second-order valence-corrected chi connectivity index (χ2v) is 6.62. The largest absolute Gasteiger partial charge is 0.373 e. The van der Waals surface area contributed by atoms with E-state index in [1.807, 2.05) is 66.5 Å². The molecule has 1 fully saturated rings. The molecule has 0 saturated carbocycles. The molecule has 2 aromatic rings. The maximum absolute atomic E-state index is 12.0. The van der Waals surface area contributed by atoms with Crippen LogP contribution in [0.5, 0.6) is 0 Å². The van der Waals surface area contributed by atoms with Crippen molar-refractivity contribution in [2.45, 2.75) is 12.8 Å². The molecule has 1 aliphatic heterocycles. The van der Waals surface area contributed by atoms with Crippen molar-refractivity contribution in [1.29, 1.82) is 0 Å². The fraction of sp³-hybridized carbons (Fsp3) is 0.273. The molecule has 3 rings (SSSR count). The Hall–Kier alpha value is -3.08. The van der Waals surface area contributed by atoms with Gasteiger partial charge >= 0.3 is 0 Å². The maximum Gasteiger partial charge on any atom is 0.244 e. The van der Waals surface area contributed by atoms with Gasteiger partial charge < -0.3 is 15.1 Å². The fourth-order valence-electron chi connectivity index (χ4n) is 3.08. The summed E-state index contributed by atoms with van der Waals surface area (Å²) in [5.74, 6) is 0.0633. The number of hydrogen-bond acceptors (Lipinski definition) is 3. The number of nitrogens with one attached hydrogen (secondary N) is 1. The van der Waals surface area contributed by atoms with Crippen LogP contribution >= 0.6 is 0 Å². The molecule has 0 unspecified atom stereocenters. The molecular formula is C22H25N3O2. The molecule has 1 saturated heterocycles. The molecule has 0 aliphatic carbocycles. The topological polar surface area (TPSA) is 52.7 Å². The van der Waals surface area contributed by atoms with Crippen LogP contribution in [0.25, 0.3) is 6.08 Å². The normalized spacial score (nSPS) is 14.0. The van der Waals surface area contributed by atoms with Gasteiger partial charge in [-0.05, 0) is 42.3 Å². The first-order valence-corrected chi connectivity index (χ1v) is 9.26. The van der Waals surface area contributed by atoms with Crippen LogP contribution in [0.1, 0.15) is 18.4 Å². The number of carbonyl (C=O) groups is 2. The standard InChI is InChI=1S/C22H25N3O2/c1-24(19-6-3-2-4-7-19)17-15-23-21(26)14-11-18-9-12-20(13-10-18)25-16-5-8-22(25)27/h2-4,6-7,9-14H,5,8,15-17H2,1H3,(H,23,26)/b14-11+. The molecule has 0 aromatic heterocycles. The summed E-state index contributed by atoms with van der Waals surface area (Å²) < 4.78 is 0. The van der Waals surface area contributed by atoms with Crippen molar-refractivity contribution in [3.05, 3.63) is 66.2 Å². The van der Waals surface area contributed by atoms with Crippen LogP contribution in [-0.2, 0) is 9.59 Å². The molecule has 0 bridgehead atoms. The zero-order valence-corrected chi connectivity index (χ0v) is 15.6. The summed E-state index contributed by atoms with van der Waals surface area (Å²) in [6.07, 6.45) is 4.87. The van der Waals surface area contributed by atoms with E-state index in [4.69, 9.17) is 0 Å². The van der Waals surface area contributed by atoms with Gasteiger partial charge in [0.15, 0.2) is 0 Å². The Morgan fingerprint density at radius 2 is 1.89 bits per heavy atom. The van der Waals surface area contributed by atoms with Crippen LogP contribution in [0.2, 0.25) is 0 Å². The molecule has 1 N–H and O–H groups in total. The first kappa shape index (κ1) is 18.7. The Labute approximate surface area is 160 Å². The first-order valence-electron chi connectivity index (χ1n) is 9.26. The minimum Gasteiger partial charge on any atom is -0.373 e. The number of carbonyl (C=O) groups excluding carboxylic acids is 2. The second kappa shape index (κ2) is 9.03. The van der Waals surface area contributed by atoms with Gasteiger partial charge in [-0.15, -0.1) is 0 Å². The highest BCUT2D eigenvalue weighted by Crippen LogP contribution is 2.21. The van der Waals surface area contributed by atoms with Crippen molar-refractivity contribution >= 4 is 29.3 Å². The van der Waals surface area contributed by atoms with Gasteiger partial charge in [-0.1, -0.05) is 30.3 Å². The monoisotopic (exact) mass is 363 g/mol. The summed E-state index contributed by atoms with van der Waals surface area (Å²) in [6.45, 7) is 2.10. The van der Waals surface area contributed by atoms with Crippen molar-refractivity contribution in [2.75, 3.05) is 36.5 Å². The lowest BCUT2D eigenvalue weighted by atomic mass is 10.2. The van der Waals surface area contributed by atoms with E-state index >= 15 is 0 Å². The molecule has 0 radical (unpaired) electrons. The van der Waals surface area contributed by atoms with Gasteiger partial charge in [0.1, 0.15) is 0 Å². The van der Waals surface area contributed by atoms with Gasteiger partial charge in [-0.3, -0.25) is 9.59 Å². The third-order valence-corrected chi connectivity index (χ3v) is 4.65. The Balaban J connectivity index is 1.45. The van der Waals surface area contributed by atoms with Gasteiger partial charge in [-0.25, -0.2) is 0 Å². The molecular weight excluding hydrogens is 338 g/mol. The Kier molecular flexibility index (Phi) is 6.26. The van der Waals surface area contributed by atoms with Crippen LogP contribution in [0.3, 0.4) is 0 Å². The lowest BCUT2D eigenvalue weighted by Gasteiger charge is -2.19. The average Bonchev–Trinajstić information content (AvgIpc) is 3.13. The second-order valence-electron chi connectivity index (χ2n) is 6.62. The van der Waals surface area contributed by atoms with E-state index in [1.165, 1.54) is 0 Å². The summed E-state index contributed by atoms with van der Waals surface area (Å²) >= 11 is 0. The van der Waals surface area contributed by atoms with Gasteiger partial charge in [0.2, 0.25) is 11.8 Å². The van der Waals surface area contributed by atoms with E-state index in [0.29, 0.717) is 13.0 Å². The van der Waals surface area contributed by atoms with Crippen molar-refractivity contribution in [1.82, 2.24) is 5.32 Å². The quantitative estimate of drug-likeness (QED) is 0.769. The molecule has 27 heavy (non-hydrogen) atoms. The van der Waals surface area contributed by atoms with Crippen LogP contribution < -0.4 is 15.1 Å². The fourth-order valence-corrected chi connectivity index (χ4v) is 3.08. The van der Waals surface area contributed by atoms with Crippen LogP contribution in [0.15, 0.2) is 60.7 Å². The van der Waals surface area contributed by atoms with Gasteiger partial charge in [0.25, 0.3) is 0 Å². The van der Waals surface area contributed by atoms with Crippen LogP contribution in [0.4, 0.5) is 11.4 Å². The van der Waals surface area contributed by atoms with Crippen molar-refractivity contribution in [3.63, 3.8) is 0 Å². The molecule has 1 heterocycles. The van der Waals surface area contributed by atoms with E-state index in [2.05, 4.69) is 10.2 Å². The summed E-state index contributed by atoms with van der Waals surface area (Å²) in [5, 5.41) is 2.90. The highest BCUT2D eigenvalue weighted by atomic mass is 16.2. The number of benzene rings is 2. The average molecular weight is 363 g/mol. The van der Waals surface area contributed by atoms with E-state index in [0.717, 1.165) is 36.4 Å². The van der Waals surface area contributed by atoms with E-state index < -0.39 is 0 Å². The van der Waals surface area contributed by atoms with Crippen LogP contribution in [-0.4, -0.2) is 38.5 Å². The predicted molar refractivity (Wildman–Crippen MR) is 110 cm³/mol. The molecule has 2 amide bonds. The van der Waals surface area contributed by atoms with Gasteiger partial charge in [0.05, 0.1) is 0 Å². The van der Waals surface area contributed by atoms with Crippen molar-refractivity contribution in [2.24, 2.45) is 0 Å². The molecule has 5 nitrogen and oxygen atoms in total. The number of para-hydroxylation sites is 1. The van der Waals surface area contributed by atoms with Gasteiger partial charge in [0, 0.05) is 50.6 Å². The van der Waals surface area contributed by atoms with Crippen molar-refractivity contribution < 1.29 is 9.59 Å². The van der Waals surface area contributed by atoms with Crippen molar-refractivity contribution in [3.8, 4) is 0 Å². The number of hydrogen-bond donors (Lipinski definition) is 1. The Morgan fingerprint density at radius 1 is 1.15 bits per heavy atom. The molecule has 0 spiro atoms. The summed E-state index contributed by atoms with van der Waals surface area (Å²) in [6, 6.07) is 17.8. The van der Waals surface area contributed by atoms with E-state index in [1.54, 1.807) is 12.2 Å². The summed E-state index contributed by atoms with van der Waals surface area (Å²) in [5.41, 5.74) is 2.98. The SMILES string of the molecule is CN(CCNC(=O)/C=C/c1ccc(N2CCCC2=O)cc1)c1ccccc1. The van der Waals surface area contributed by atoms with E-state index in [-0.39, 0.29) is 11.8 Å². The number of likely N-dealkylation sites (N-methyl/N-ethyl adjacent to an activating group) is 1. The number of nitrogens with zero attached hydrogens (tertiary/aromatic N) is 2. The number of rotatable bonds is 7. The lowest BCUT2D eigenvalue weighted by molar-refractivity contribution is -0.117. The summed E-state index contributed by atoms with van der Waals surface area (Å²) in [7, 11) is 2.00. The number of amides is 2. The summed E-state index contributed by atoms with van der Waals surface area (Å²) in [4.78, 5) is 27.7. The third kappa shape index (κ3) is 5.20. The molecule has 140 valence electrons. The minimum atomic E-state index is -0.116. The minimum absolute atomic E-state index is 0.116. The lowest BCUT2D eigenvalue weighted by Crippen LogP contribution is -2.31. The van der Waals surface area contributed by atoms with E-state index in [9.17, 15) is 9.59 Å². The predicted octanol–water partition coefficient (Wildman–Crippen LogP) is 3.08. The van der Waals surface area contributed by atoms with Crippen LogP contribution in [0, 0.1) is 0 Å². The Morgan fingerprint density at radius 3 is 2.56 bits per heavy atom. The molecule has 5 heteroatoms.